The number of benzene rings is 1. The lowest BCUT2D eigenvalue weighted by molar-refractivity contribution is 0.108. The summed E-state index contributed by atoms with van der Waals surface area (Å²) >= 11 is 0. The maximum Gasteiger partial charge on any atom is 0.164 e. The molecule has 0 bridgehead atoms. The predicted octanol–water partition coefficient (Wildman–Crippen LogP) is 1.84. The number of nitrogens with zero attached hydrogens (tertiary/aromatic N) is 3. The SMILES string of the molecule is CNCC(O)COc1cccc(-c2nc(NC3(C)CCOC3)c(C)c(N3CCOCC3)n2)c1. The van der Waals surface area contributed by atoms with Crippen LogP contribution in [0.5, 0.6) is 5.75 Å². The topological polar surface area (TPSA) is 101 Å². The highest BCUT2D eigenvalue weighted by Crippen LogP contribution is 2.32. The van der Waals surface area contributed by atoms with E-state index in [1.165, 1.54) is 0 Å². The van der Waals surface area contributed by atoms with Crippen molar-refractivity contribution in [2.24, 2.45) is 0 Å². The second kappa shape index (κ2) is 10.6. The second-order valence-electron chi connectivity index (χ2n) is 8.98. The number of hydrogen-bond acceptors (Lipinski definition) is 9. The van der Waals surface area contributed by atoms with Crippen LogP contribution in [0.15, 0.2) is 24.3 Å². The van der Waals surface area contributed by atoms with Crippen LogP contribution < -0.4 is 20.3 Å². The number of aliphatic hydroxyl groups is 1. The lowest BCUT2D eigenvalue weighted by Crippen LogP contribution is -2.38. The maximum atomic E-state index is 9.96. The van der Waals surface area contributed by atoms with Crippen LogP contribution in [0.4, 0.5) is 11.6 Å². The second-order valence-corrected chi connectivity index (χ2v) is 8.98. The number of likely N-dealkylation sites (N-methyl/N-ethyl adjacent to an activating group) is 1. The molecule has 2 unspecified atom stereocenters. The van der Waals surface area contributed by atoms with E-state index in [0.717, 1.165) is 48.9 Å². The largest absolute Gasteiger partial charge is 0.491 e. The molecule has 2 aliphatic rings. The van der Waals surface area contributed by atoms with Gasteiger partial charge in [0.15, 0.2) is 5.82 Å². The van der Waals surface area contributed by atoms with E-state index < -0.39 is 6.10 Å². The fourth-order valence-electron chi connectivity index (χ4n) is 4.10. The summed E-state index contributed by atoms with van der Waals surface area (Å²) in [6.07, 6.45) is 0.351. The van der Waals surface area contributed by atoms with Gasteiger partial charge in [0, 0.05) is 37.4 Å². The third-order valence-corrected chi connectivity index (χ3v) is 6.04. The number of morpholine rings is 1. The van der Waals surface area contributed by atoms with Gasteiger partial charge in [-0.25, -0.2) is 9.97 Å². The van der Waals surface area contributed by atoms with Gasteiger partial charge < -0.3 is 34.9 Å². The van der Waals surface area contributed by atoms with Crippen molar-refractivity contribution in [3.8, 4) is 17.1 Å². The molecule has 33 heavy (non-hydrogen) atoms. The molecule has 1 aromatic carbocycles. The first-order valence-corrected chi connectivity index (χ1v) is 11.6. The monoisotopic (exact) mass is 457 g/mol. The van der Waals surface area contributed by atoms with Gasteiger partial charge in [0.05, 0.1) is 25.4 Å². The first-order valence-electron chi connectivity index (χ1n) is 11.6. The normalized spacial score (nSPS) is 21.8. The Hall–Kier alpha value is -2.46. The summed E-state index contributed by atoms with van der Waals surface area (Å²) in [4.78, 5) is 12.1. The van der Waals surface area contributed by atoms with E-state index in [0.29, 0.717) is 37.9 Å². The minimum Gasteiger partial charge on any atom is -0.491 e. The zero-order valence-corrected chi connectivity index (χ0v) is 19.8. The van der Waals surface area contributed by atoms with Crippen molar-refractivity contribution in [1.82, 2.24) is 15.3 Å². The lowest BCUT2D eigenvalue weighted by Gasteiger charge is -2.31. The summed E-state index contributed by atoms with van der Waals surface area (Å²) in [6, 6.07) is 7.70. The molecule has 3 heterocycles. The van der Waals surface area contributed by atoms with E-state index in [1.54, 1.807) is 7.05 Å². The van der Waals surface area contributed by atoms with E-state index in [4.69, 9.17) is 24.2 Å². The van der Waals surface area contributed by atoms with Crippen molar-refractivity contribution in [2.75, 3.05) is 69.9 Å². The molecule has 2 atom stereocenters. The number of nitrogens with one attached hydrogen (secondary N) is 2. The average molecular weight is 458 g/mol. The van der Waals surface area contributed by atoms with E-state index in [2.05, 4.69) is 29.4 Å². The molecule has 2 saturated heterocycles. The molecule has 0 aliphatic carbocycles. The van der Waals surface area contributed by atoms with E-state index in [-0.39, 0.29) is 12.1 Å². The lowest BCUT2D eigenvalue weighted by atomic mass is 10.0. The van der Waals surface area contributed by atoms with Crippen LogP contribution in [0.25, 0.3) is 11.4 Å². The number of anilines is 2. The van der Waals surface area contributed by atoms with Crippen LogP contribution in [0.1, 0.15) is 18.9 Å². The van der Waals surface area contributed by atoms with Crippen LogP contribution in [0.2, 0.25) is 0 Å². The van der Waals surface area contributed by atoms with Gasteiger partial charge in [0.25, 0.3) is 0 Å². The Morgan fingerprint density at radius 1 is 1.21 bits per heavy atom. The summed E-state index contributed by atoms with van der Waals surface area (Å²) < 4.78 is 17.0. The van der Waals surface area contributed by atoms with Gasteiger partial charge in [-0.1, -0.05) is 12.1 Å². The number of hydrogen-bond donors (Lipinski definition) is 3. The first kappa shape index (κ1) is 23.7. The molecule has 4 rings (SSSR count). The van der Waals surface area contributed by atoms with Gasteiger partial charge in [-0.2, -0.15) is 0 Å². The highest BCUT2D eigenvalue weighted by atomic mass is 16.5. The summed E-state index contributed by atoms with van der Waals surface area (Å²) in [5.41, 5.74) is 1.73. The van der Waals surface area contributed by atoms with E-state index in [1.807, 2.05) is 24.3 Å². The van der Waals surface area contributed by atoms with Gasteiger partial charge >= 0.3 is 0 Å². The third kappa shape index (κ3) is 5.92. The minimum absolute atomic E-state index is 0.160. The van der Waals surface area contributed by atoms with Crippen molar-refractivity contribution < 1.29 is 19.3 Å². The molecule has 1 aromatic heterocycles. The van der Waals surface area contributed by atoms with Gasteiger partial charge in [0.1, 0.15) is 30.1 Å². The van der Waals surface area contributed by atoms with Crippen molar-refractivity contribution in [3.05, 3.63) is 29.8 Å². The zero-order valence-electron chi connectivity index (χ0n) is 19.8. The molecule has 0 amide bonds. The van der Waals surface area contributed by atoms with Crippen molar-refractivity contribution in [1.29, 1.82) is 0 Å². The summed E-state index contributed by atoms with van der Waals surface area (Å²) in [6.45, 7) is 9.28. The highest BCUT2D eigenvalue weighted by Gasteiger charge is 2.31. The smallest absolute Gasteiger partial charge is 0.164 e. The molecule has 9 nitrogen and oxygen atoms in total. The fourth-order valence-corrected chi connectivity index (χ4v) is 4.10. The van der Waals surface area contributed by atoms with E-state index in [9.17, 15) is 5.11 Å². The van der Waals surface area contributed by atoms with Crippen molar-refractivity contribution >= 4 is 11.6 Å². The van der Waals surface area contributed by atoms with Crippen LogP contribution in [0.3, 0.4) is 0 Å². The Labute approximate surface area is 195 Å². The van der Waals surface area contributed by atoms with Gasteiger partial charge in [-0.3, -0.25) is 0 Å². The Balaban J connectivity index is 1.65. The molecule has 0 radical (unpaired) electrons. The number of ether oxygens (including phenoxy) is 3. The Bertz CT molecular complexity index is 929. The minimum atomic E-state index is -0.576. The Morgan fingerprint density at radius 3 is 2.76 bits per heavy atom. The zero-order chi connectivity index (χ0) is 23.3. The molecule has 2 fully saturated rings. The highest BCUT2D eigenvalue weighted by molar-refractivity contribution is 5.67. The van der Waals surface area contributed by atoms with Gasteiger partial charge in [0.2, 0.25) is 0 Å². The maximum absolute atomic E-state index is 9.96. The molecule has 3 N–H and O–H groups in total. The Morgan fingerprint density at radius 2 is 2.03 bits per heavy atom. The average Bonchev–Trinajstić information content (AvgIpc) is 3.26. The molecule has 0 spiro atoms. The summed E-state index contributed by atoms with van der Waals surface area (Å²) in [7, 11) is 1.80. The predicted molar refractivity (Wildman–Crippen MR) is 128 cm³/mol. The Kier molecular flexibility index (Phi) is 7.64. The fraction of sp³-hybridized carbons (Fsp3) is 0.583. The van der Waals surface area contributed by atoms with Crippen LogP contribution >= 0.6 is 0 Å². The van der Waals surface area contributed by atoms with Gasteiger partial charge in [-0.05, 0) is 39.4 Å². The van der Waals surface area contributed by atoms with E-state index >= 15 is 0 Å². The summed E-state index contributed by atoms with van der Waals surface area (Å²) in [5, 5.41) is 16.5. The van der Waals surface area contributed by atoms with Crippen LogP contribution in [-0.4, -0.2) is 86.4 Å². The number of aliphatic hydroxyl groups excluding tert-OH is 1. The molecule has 0 saturated carbocycles. The molecule has 2 aromatic rings. The molecule has 2 aliphatic heterocycles. The third-order valence-electron chi connectivity index (χ3n) is 6.04. The first-order chi connectivity index (χ1) is 16.0. The molecule has 9 heteroatoms. The number of aromatic nitrogens is 2. The summed E-state index contributed by atoms with van der Waals surface area (Å²) in [5.74, 6) is 3.05. The molecular weight excluding hydrogens is 422 g/mol. The molecular formula is C24H35N5O4. The number of rotatable bonds is 9. The quantitative estimate of drug-likeness (QED) is 0.521. The van der Waals surface area contributed by atoms with Gasteiger partial charge in [-0.15, -0.1) is 0 Å². The van der Waals surface area contributed by atoms with Crippen LogP contribution in [0, 0.1) is 6.92 Å². The standard InChI is InChI=1S/C24H35N5O4/c1-17-21(28-24(2)7-10-32-16-24)26-22(27-23(17)29-8-11-31-12-9-29)18-5-4-6-20(13-18)33-15-19(30)14-25-3/h4-6,13,19,25,30H,7-12,14-16H2,1-3H3,(H,26,27,28). The molecule has 180 valence electrons. The van der Waals surface area contributed by atoms with Crippen molar-refractivity contribution in [3.63, 3.8) is 0 Å². The van der Waals surface area contributed by atoms with Crippen molar-refractivity contribution in [2.45, 2.75) is 31.9 Å². The van der Waals surface area contributed by atoms with Crippen LogP contribution in [-0.2, 0) is 9.47 Å².